The van der Waals surface area contributed by atoms with Crippen LogP contribution in [0.4, 0.5) is 0 Å². The van der Waals surface area contributed by atoms with Gasteiger partial charge in [0.15, 0.2) is 0 Å². The Hall–Kier alpha value is -3.84. The zero-order chi connectivity index (χ0) is 26.7. The van der Waals surface area contributed by atoms with Gasteiger partial charge in [-0.05, 0) is 80.3 Å². The molecule has 1 aliphatic heterocycles. The lowest BCUT2D eigenvalue weighted by atomic mass is 9.91. The van der Waals surface area contributed by atoms with Crippen LogP contribution in [0.3, 0.4) is 0 Å². The molecule has 2 aromatic heterocycles. The van der Waals surface area contributed by atoms with E-state index in [0.717, 1.165) is 71.5 Å². The predicted octanol–water partition coefficient (Wildman–Crippen LogP) is 7.70. The number of carboxylic acids is 1. The van der Waals surface area contributed by atoms with Gasteiger partial charge in [0.25, 0.3) is 0 Å². The molecule has 198 valence electrons. The van der Waals surface area contributed by atoms with Crippen LogP contribution >= 0.6 is 11.6 Å². The molecule has 0 unspecified atom stereocenters. The molecule has 39 heavy (non-hydrogen) atoms. The number of halogens is 1. The SMILES string of the molecule is Cc1cccc(Cl)c1-c1noc(C2CC2)c1COc1ccc2c(n1)[C@@H](C1CC1)Cc1ccc(C(=O)O)cc1O2. The van der Waals surface area contributed by atoms with Crippen molar-refractivity contribution < 1.29 is 23.9 Å². The standard InChI is InChI=1S/C31H27ClN2O5/c1-16-3-2-4-23(32)27(16)29-22(30(39-34-29)18-7-8-18)15-37-26-12-11-24-28(33-26)21(17-5-6-17)13-19-9-10-20(31(35)36)14-25(19)38-24/h2-4,9-12,14,17-18,21H,5-8,13,15H2,1H3,(H,35,36)/t21-/m1/s1. The second-order valence-electron chi connectivity index (χ2n) is 10.8. The van der Waals surface area contributed by atoms with Crippen molar-refractivity contribution in [3.8, 4) is 28.6 Å². The largest absolute Gasteiger partial charge is 0.478 e. The first kappa shape index (κ1) is 24.2. The third kappa shape index (κ3) is 4.55. The molecule has 0 spiro atoms. The van der Waals surface area contributed by atoms with Crippen LogP contribution in [-0.2, 0) is 13.0 Å². The molecule has 4 aromatic rings. The number of pyridine rings is 1. The first-order valence-electron chi connectivity index (χ1n) is 13.4. The Kier molecular flexibility index (Phi) is 5.85. The fraction of sp³-hybridized carbons (Fsp3) is 0.323. The number of rotatable bonds is 7. The Bertz CT molecular complexity index is 1580. The topological polar surface area (TPSA) is 94.7 Å². The van der Waals surface area contributed by atoms with Gasteiger partial charge in [-0.25, -0.2) is 9.78 Å². The lowest BCUT2D eigenvalue weighted by molar-refractivity contribution is 0.0696. The van der Waals surface area contributed by atoms with Crippen molar-refractivity contribution in [2.24, 2.45) is 5.92 Å². The summed E-state index contributed by atoms with van der Waals surface area (Å²) in [6.45, 7) is 2.28. The summed E-state index contributed by atoms with van der Waals surface area (Å²) in [7, 11) is 0. The summed E-state index contributed by atoms with van der Waals surface area (Å²) in [4.78, 5) is 16.5. The summed E-state index contributed by atoms with van der Waals surface area (Å²) in [5.74, 6) is 2.68. The van der Waals surface area contributed by atoms with Crippen LogP contribution in [0, 0.1) is 12.8 Å². The Labute approximate surface area is 230 Å². The molecule has 0 saturated heterocycles. The lowest BCUT2D eigenvalue weighted by Crippen LogP contribution is -2.08. The maximum atomic E-state index is 11.5. The van der Waals surface area contributed by atoms with Crippen LogP contribution < -0.4 is 9.47 Å². The number of carboxylic acid groups (broad SMARTS) is 1. The molecule has 7 rings (SSSR count). The highest BCUT2D eigenvalue weighted by atomic mass is 35.5. The van der Waals surface area contributed by atoms with Gasteiger partial charge in [0.05, 0.1) is 21.8 Å². The number of hydrogen-bond acceptors (Lipinski definition) is 6. The van der Waals surface area contributed by atoms with E-state index in [4.69, 9.17) is 30.6 Å². The number of benzene rings is 2. The molecule has 1 N–H and O–H groups in total. The summed E-state index contributed by atoms with van der Waals surface area (Å²) in [5.41, 5.74) is 5.58. The molecule has 2 aromatic carbocycles. The van der Waals surface area contributed by atoms with Crippen LogP contribution in [0.2, 0.25) is 5.02 Å². The number of fused-ring (bicyclic) bond motifs is 2. The minimum Gasteiger partial charge on any atom is -0.478 e. The molecule has 2 fully saturated rings. The number of hydrogen-bond donors (Lipinski definition) is 1. The number of carbonyl (C=O) groups is 1. The van der Waals surface area contributed by atoms with Crippen LogP contribution in [0.5, 0.6) is 17.4 Å². The van der Waals surface area contributed by atoms with Crippen molar-refractivity contribution in [1.29, 1.82) is 0 Å². The Balaban J connectivity index is 1.21. The van der Waals surface area contributed by atoms with E-state index in [1.807, 2.05) is 37.3 Å². The highest BCUT2D eigenvalue weighted by Crippen LogP contribution is 2.50. The van der Waals surface area contributed by atoms with E-state index in [1.165, 1.54) is 0 Å². The molecule has 1 atom stereocenters. The van der Waals surface area contributed by atoms with Crippen LogP contribution in [0.25, 0.3) is 11.3 Å². The summed E-state index contributed by atoms with van der Waals surface area (Å²) < 4.78 is 18.4. The number of ether oxygens (including phenoxy) is 2. The van der Waals surface area contributed by atoms with E-state index >= 15 is 0 Å². The molecular formula is C31H27ClN2O5. The van der Waals surface area contributed by atoms with Crippen LogP contribution in [0.15, 0.2) is 53.1 Å². The molecule has 0 radical (unpaired) electrons. The van der Waals surface area contributed by atoms with E-state index < -0.39 is 5.97 Å². The van der Waals surface area contributed by atoms with Gasteiger partial charge >= 0.3 is 5.97 Å². The summed E-state index contributed by atoms with van der Waals surface area (Å²) in [6.07, 6.45) is 5.18. The van der Waals surface area contributed by atoms with Crippen molar-refractivity contribution in [3.05, 3.63) is 87.3 Å². The van der Waals surface area contributed by atoms with Gasteiger partial charge in [-0.1, -0.05) is 35.0 Å². The smallest absolute Gasteiger partial charge is 0.335 e. The molecule has 0 amide bonds. The van der Waals surface area contributed by atoms with Crippen LogP contribution in [-0.4, -0.2) is 21.2 Å². The lowest BCUT2D eigenvalue weighted by Gasteiger charge is -2.16. The molecule has 0 bridgehead atoms. The first-order chi connectivity index (χ1) is 19.0. The van der Waals surface area contributed by atoms with Crippen molar-refractivity contribution in [1.82, 2.24) is 10.1 Å². The summed E-state index contributed by atoms with van der Waals surface area (Å²) in [5, 5.41) is 14.5. The van der Waals surface area contributed by atoms with Gasteiger partial charge in [-0.3, -0.25) is 0 Å². The fourth-order valence-electron chi connectivity index (χ4n) is 5.57. The van der Waals surface area contributed by atoms with E-state index in [1.54, 1.807) is 18.2 Å². The second kappa shape index (κ2) is 9.42. The summed E-state index contributed by atoms with van der Waals surface area (Å²) in [6, 6.07) is 14.6. The Morgan fingerprint density at radius 2 is 1.95 bits per heavy atom. The van der Waals surface area contributed by atoms with Gasteiger partial charge in [0, 0.05) is 23.5 Å². The zero-order valence-electron chi connectivity index (χ0n) is 21.4. The van der Waals surface area contributed by atoms with Gasteiger partial charge < -0.3 is 19.1 Å². The summed E-state index contributed by atoms with van der Waals surface area (Å²) >= 11 is 6.59. The molecular weight excluding hydrogens is 516 g/mol. The van der Waals surface area contributed by atoms with E-state index in [0.29, 0.717) is 34.2 Å². The monoisotopic (exact) mass is 542 g/mol. The Morgan fingerprint density at radius 3 is 2.69 bits per heavy atom. The quantitative estimate of drug-likeness (QED) is 0.255. The average Bonchev–Trinajstić information content (AvgIpc) is 3.84. The maximum absolute atomic E-state index is 11.5. The fourth-order valence-corrected chi connectivity index (χ4v) is 5.88. The Morgan fingerprint density at radius 1 is 1.10 bits per heavy atom. The third-order valence-corrected chi connectivity index (χ3v) is 8.28. The molecule has 2 saturated carbocycles. The second-order valence-corrected chi connectivity index (χ2v) is 11.2. The van der Waals surface area contributed by atoms with Gasteiger partial charge in [0.2, 0.25) is 5.88 Å². The normalized spacial score (nSPS) is 18.1. The first-order valence-corrected chi connectivity index (χ1v) is 13.8. The highest BCUT2D eigenvalue weighted by Gasteiger charge is 2.38. The van der Waals surface area contributed by atoms with Gasteiger partial charge in [-0.15, -0.1) is 0 Å². The minimum absolute atomic E-state index is 0.180. The molecule has 3 aliphatic rings. The van der Waals surface area contributed by atoms with Crippen molar-refractivity contribution in [2.75, 3.05) is 0 Å². The molecule has 2 aliphatic carbocycles. The molecule has 7 nitrogen and oxygen atoms in total. The van der Waals surface area contributed by atoms with Crippen molar-refractivity contribution >= 4 is 17.6 Å². The molecule has 8 heteroatoms. The van der Waals surface area contributed by atoms with Crippen LogP contribution in [0.1, 0.15) is 76.0 Å². The number of aromatic carboxylic acids is 1. The number of aryl methyl sites for hydroxylation is 1. The van der Waals surface area contributed by atoms with Gasteiger partial charge in [-0.2, -0.15) is 0 Å². The highest BCUT2D eigenvalue weighted by molar-refractivity contribution is 6.33. The average molecular weight is 543 g/mol. The third-order valence-electron chi connectivity index (χ3n) is 7.97. The predicted molar refractivity (Wildman–Crippen MR) is 145 cm³/mol. The van der Waals surface area contributed by atoms with Crippen molar-refractivity contribution in [2.45, 2.75) is 57.5 Å². The van der Waals surface area contributed by atoms with E-state index in [2.05, 4.69) is 5.16 Å². The minimum atomic E-state index is -0.975. The van der Waals surface area contributed by atoms with Crippen molar-refractivity contribution in [3.63, 3.8) is 0 Å². The van der Waals surface area contributed by atoms with E-state index in [9.17, 15) is 9.90 Å². The van der Waals surface area contributed by atoms with E-state index in [-0.39, 0.29) is 18.1 Å². The number of aromatic nitrogens is 2. The maximum Gasteiger partial charge on any atom is 0.335 e. The van der Waals surface area contributed by atoms with Gasteiger partial charge in [0.1, 0.15) is 29.6 Å². The molecule has 3 heterocycles. The number of nitrogens with zero attached hydrogens (tertiary/aromatic N) is 2. The zero-order valence-corrected chi connectivity index (χ0v) is 22.2.